The quantitative estimate of drug-likeness (QED) is 0.400. The van der Waals surface area contributed by atoms with Crippen molar-refractivity contribution in [2.45, 2.75) is 55.9 Å². The van der Waals surface area contributed by atoms with Crippen LogP contribution >= 0.6 is 0 Å². The maximum absolute atomic E-state index is 16.1. The van der Waals surface area contributed by atoms with E-state index in [0.717, 1.165) is 22.3 Å². The third-order valence-electron chi connectivity index (χ3n) is 8.29. The molecule has 1 aliphatic heterocycles. The van der Waals surface area contributed by atoms with Gasteiger partial charge in [-0.2, -0.15) is 0 Å². The predicted octanol–water partition coefficient (Wildman–Crippen LogP) is 5.02. The largest absolute Gasteiger partial charge is 0.489 e. The summed E-state index contributed by atoms with van der Waals surface area (Å²) in [6.07, 6.45) is 4.01. The highest BCUT2D eigenvalue weighted by atomic mass is 32.2. The summed E-state index contributed by atoms with van der Waals surface area (Å²) < 4.78 is 74.2. The van der Waals surface area contributed by atoms with Crippen LogP contribution in [0.3, 0.4) is 0 Å². The molecule has 0 aromatic heterocycles. The van der Waals surface area contributed by atoms with E-state index in [1.54, 1.807) is 0 Å². The van der Waals surface area contributed by atoms with E-state index in [0.29, 0.717) is 45.2 Å². The van der Waals surface area contributed by atoms with Gasteiger partial charge in [-0.05, 0) is 80.0 Å². The summed E-state index contributed by atoms with van der Waals surface area (Å²) >= 11 is 0. The Labute approximate surface area is 223 Å². The summed E-state index contributed by atoms with van der Waals surface area (Å²) in [5, 5.41) is 3.03. The number of rotatable bonds is 11. The molecule has 2 aromatic carbocycles. The second kappa shape index (κ2) is 10.7. The molecule has 0 bridgehead atoms. The fourth-order valence-corrected chi connectivity index (χ4v) is 7.22. The monoisotopic (exact) mass is 548 g/mol. The van der Waals surface area contributed by atoms with Gasteiger partial charge in [-0.25, -0.2) is 17.2 Å². The average Bonchev–Trinajstić information content (AvgIpc) is 3.59. The van der Waals surface area contributed by atoms with Crippen molar-refractivity contribution in [3.63, 3.8) is 0 Å². The Kier molecular flexibility index (Phi) is 7.64. The molecule has 2 aliphatic carbocycles. The highest BCUT2D eigenvalue weighted by Crippen LogP contribution is 2.53. The zero-order chi connectivity index (χ0) is 27.1. The Hall–Kier alpha value is -2.36. The van der Waals surface area contributed by atoms with Crippen LogP contribution in [0, 0.1) is 11.6 Å². The van der Waals surface area contributed by atoms with Gasteiger partial charge in [0.1, 0.15) is 12.4 Å². The van der Waals surface area contributed by atoms with Gasteiger partial charge >= 0.3 is 0 Å². The Morgan fingerprint density at radius 1 is 1.13 bits per heavy atom. The first kappa shape index (κ1) is 27.2. The summed E-state index contributed by atoms with van der Waals surface area (Å²) in [5.41, 5.74) is 4.16. The van der Waals surface area contributed by atoms with E-state index in [4.69, 9.17) is 4.74 Å². The van der Waals surface area contributed by atoms with E-state index < -0.39 is 38.9 Å². The molecule has 38 heavy (non-hydrogen) atoms. The molecule has 206 valence electrons. The number of hydrogen-bond donors (Lipinski definition) is 1. The number of nitrogens with one attached hydrogen (secondary N) is 1. The molecule has 1 saturated carbocycles. The lowest BCUT2D eigenvalue weighted by Crippen LogP contribution is -2.48. The first-order chi connectivity index (χ1) is 18.2. The van der Waals surface area contributed by atoms with E-state index in [2.05, 4.69) is 11.4 Å². The molecule has 5 rings (SSSR count). The Morgan fingerprint density at radius 3 is 2.61 bits per heavy atom. The molecule has 1 fully saturated rings. The number of sulfone groups is 1. The highest BCUT2D eigenvalue weighted by Gasteiger charge is 2.55. The van der Waals surface area contributed by atoms with E-state index in [1.807, 2.05) is 30.0 Å². The smallest absolute Gasteiger partial charge is 0.173 e. The number of hydrogen-bond acceptors (Lipinski definition) is 5. The van der Waals surface area contributed by atoms with Crippen molar-refractivity contribution in [1.29, 1.82) is 0 Å². The third-order valence-corrected chi connectivity index (χ3v) is 10.4. The summed E-state index contributed by atoms with van der Waals surface area (Å²) in [6.45, 7) is 2.87. The van der Waals surface area contributed by atoms with Crippen molar-refractivity contribution in [3.8, 4) is 5.75 Å². The van der Waals surface area contributed by atoms with Crippen LogP contribution in [0.25, 0.3) is 5.57 Å². The van der Waals surface area contributed by atoms with Gasteiger partial charge in [-0.3, -0.25) is 9.29 Å². The van der Waals surface area contributed by atoms with Crippen molar-refractivity contribution < 1.29 is 26.3 Å². The molecule has 2 aromatic rings. The first-order valence-electron chi connectivity index (χ1n) is 13.3. The Balaban J connectivity index is 1.53. The van der Waals surface area contributed by atoms with Crippen LogP contribution in [0.4, 0.5) is 13.2 Å². The number of alkyl halides is 1. The van der Waals surface area contributed by atoms with E-state index in [-0.39, 0.29) is 30.5 Å². The molecule has 0 spiro atoms. The molecule has 5 nitrogen and oxygen atoms in total. The fraction of sp³-hybridized carbons (Fsp3) is 0.517. The van der Waals surface area contributed by atoms with Gasteiger partial charge in [0.05, 0.1) is 17.5 Å². The molecule has 1 N–H and O–H groups in total. The predicted molar refractivity (Wildman–Crippen MR) is 143 cm³/mol. The first-order valence-corrected chi connectivity index (χ1v) is 15.2. The maximum atomic E-state index is 16.1. The molecule has 0 radical (unpaired) electrons. The average molecular weight is 549 g/mol. The van der Waals surface area contributed by atoms with Crippen molar-refractivity contribution in [3.05, 3.63) is 70.3 Å². The molecule has 0 unspecified atom stereocenters. The van der Waals surface area contributed by atoms with E-state index >= 15 is 8.78 Å². The fourth-order valence-electron chi connectivity index (χ4n) is 5.99. The van der Waals surface area contributed by atoms with Crippen molar-refractivity contribution >= 4 is 15.4 Å². The summed E-state index contributed by atoms with van der Waals surface area (Å²) in [4.78, 5) is 2.00. The van der Waals surface area contributed by atoms with Gasteiger partial charge in [-0.1, -0.05) is 24.3 Å². The Morgan fingerprint density at radius 2 is 1.89 bits per heavy atom. The van der Waals surface area contributed by atoms with Gasteiger partial charge in [0.25, 0.3) is 0 Å². The molecule has 1 heterocycles. The number of nitrogens with zero attached hydrogens (tertiary/aromatic N) is 1. The molecule has 0 saturated heterocycles. The lowest BCUT2D eigenvalue weighted by atomic mass is 9.84. The van der Waals surface area contributed by atoms with E-state index in [1.165, 1.54) is 18.4 Å². The summed E-state index contributed by atoms with van der Waals surface area (Å²) in [6, 6.07) is 9.70. The van der Waals surface area contributed by atoms with Crippen molar-refractivity contribution in [2.24, 2.45) is 0 Å². The maximum Gasteiger partial charge on any atom is 0.173 e. The molecule has 3 aliphatic rings. The van der Waals surface area contributed by atoms with Gasteiger partial charge in [0.2, 0.25) is 0 Å². The number of fused-ring (bicyclic) bond motifs is 2. The van der Waals surface area contributed by atoms with Gasteiger partial charge in [0, 0.05) is 31.0 Å². The zero-order valence-corrected chi connectivity index (χ0v) is 22.7. The SMILES string of the molecule is C[C@@H]1CC2=C(Cc3ccccc32)[C@@H](c2c(F)ccc(OCCNCCCF)c2F)N1CC1(S(C)(=O)=O)CC1. The lowest BCUT2D eigenvalue weighted by molar-refractivity contribution is 0.145. The van der Waals surface area contributed by atoms with Crippen molar-refractivity contribution in [1.82, 2.24) is 10.2 Å². The molecular formula is C29H35F3N2O3S. The molecule has 2 atom stereocenters. The van der Waals surface area contributed by atoms with Crippen molar-refractivity contribution in [2.75, 3.05) is 39.2 Å². The van der Waals surface area contributed by atoms with Gasteiger partial charge in [-0.15, -0.1) is 0 Å². The van der Waals surface area contributed by atoms with Crippen LogP contribution in [0.1, 0.15) is 55.3 Å². The molecular weight excluding hydrogens is 513 g/mol. The summed E-state index contributed by atoms with van der Waals surface area (Å²) in [7, 11) is -3.35. The zero-order valence-electron chi connectivity index (χ0n) is 21.9. The van der Waals surface area contributed by atoms with Crippen LogP contribution in [-0.4, -0.2) is 63.3 Å². The lowest BCUT2D eigenvalue weighted by Gasteiger charge is -2.44. The Bertz CT molecular complexity index is 1340. The van der Waals surface area contributed by atoms with Crippen LogP contribution in [-0.2, 0) is 16.3 Å². The number of ether oxygens (including phenoxy) is 1. The highest BCUT2D eigenvalue weighted by molar-refractivity contribution is 7.92. The molecule has 9 heteroatoms. The van der Waals surface area contributed by atoms with Gasteiger partial charge < -0.3 is 10.1 Å². The van der Waals surface area contributed by atoms with E-state index in [9.17, 15) is 12.8 Å². The normalized spacial score (nSPS) is 22.3. The van der Waals surface area contributed by atoms with Crippen LogP contribution in [0.2, 0.25) is 0 Å². The van der Waals surface area contributed by atoms with Gasteiger partial charge in [0.15, 0.2) is 21.4 Å². The van der Waals surface area contributed by atoms with Crippen LogP contribution in [0.15, 0.2) is 42.0 Å². The standard InChI is InChI=1S/C29H35F3N2O3S/c1-19-16-22-21-7-4-3-6-20(21)17-23(22)28(34(19)18-29(10-11-29)38(2,35)36)26-24(31)8-9-25(27(26)32)37-15-14-33-13-5-12-30/h3-4,6-9,19,28,33H,5,10-18H2,1-2H3/t19-,28+/m1/s1. The topological polar surface area (TPSA) is 58.6 Å². The molecule has 0 amide bonds. The number of benzene rings is 2. The minimum absolute atomic E-state index is 0.0474. The van der Waals surface area contributed by atoms with Crippen LogP contribution < -0.4 is 10.1 Å². The second-order valence-corrected chi connectivity index (χ2v) is 13.2. The van der Waals surface area contributed by atoms with Crippen LogP contribution in [0.5, 0.6) is 5.75 Å². The number of halogens is 3. The minimum Gasteiger partial charge on any atom is -0.489 e. The second-order valence-electron chi connectivity index (χ2n) is 10.8. The third kappa shape index (κ3) is 5.00. The summed E-state index contributed by atoms with van der Waals surface area (Å²) in [5.74, 6) is -1.48. The minimum atomic E-state index is -3.35.